The topological polar surface area (TPSA) is 85.8 Å². The molecule has 2 rings (SSSR count). The molecule has 0 atom stereocenters. The monoisotopic (exact) mass is 336 g/mol. The molecular weight excluding hydrogens is 315 g/mol. The normalized spacial score (nSPS) is 11.2. The number of nitrogens with zero attached hydrogens (tertiary/aromatic N) is 3. The Morgan fingerprint density at radius 2 is 2.25 bits per heavy atom. The van der Waals surface area contributed by atoms with Gasteiger partial charge in [-0.2, -0.15) is 0 Å². The summed E-state index contributed by atoms with van der Waals surface area (Å²) in [5.74, 6) is 0.734. The zero-order valence-electron chi connectivity index (χ0n) is 11.7. The molecule has 0 bridgehead atoms. The van der Waals surface area contributed by atoms with Crippen molar-refractivity contribution in [3.05, 3.63) is 31.0 Å². The maximum atomic E-state index is 5.84. The molecule has 2 aromatic heterocycles. The molecule has 0 saturated heterocycles. The van der Waals surface area contributed by atoms with E-state index in [1.807, 2.05) is 7.05 Å². The molecule has 5 N–H and O–H groups in total. The first-order chi connectivity index (χ1) is 9.65. The summed E-state index contributed by atoms with van der Waals surface area (Å²) >= 11 is 0.350. The van der Waals surface area contributed by atoms with Crippen LogP contribution in [0.1, 0.15) is 0 Å². The molecule has 7 heteroatoms. The van der Waals surface area contributed by atoms with E-state index >= 15 is 0 Å². The number of anilines is 3. The standard InChI is InChI=1S/C13H21AsN6/c1-19-6-7-20(10-19)5-3-14-2-4-17-13-12(16)8-11(15)9-18-13/h6-10H,2-5,15-16H2,1H3,(H,17,18)/q+1. The van der Waals surface area contributed by atoms with Gasteiger partial charge in [-0.3, -0.25) is 0 Å². The molecule has 107 valence electrons. The fourth-order valence-corrected chi connectivity index (χ4v) is 3.65. The molecule has 2 heterocycles. The van der Waals surface area contributed by atoms with Crippen LogP contribution in [0.2, 0.25) is 10.4 Å². The summed E-state index contributed by atoms with van der Waals surface area (Å²) < 4.78 is 4.29. The average Bonchev–Trinajstić information content (AvgIpc) is 2.81. The van der Waals surface area contributed by atoms with E-state index in [0.717, 1.165) is 18.9 Å². The van der Waals surface area contributed by atoms with Crippen molar-refractivity contribution in [2.45, 2.75) is 17.0 Å². The Kier molecular flexibility index (Phi) is 5.30. The molecule has 0 unspecified atom stereocenters. The molecule has 0 saturated carbocycles. The van der Waals surface area contributed by atoms with E-state index in [1.165, 1.54) is 10.4 Å². The van der Waals surface area contributed by atoms with Gasteiger partial charge in [-0.15, -0.1) is 0 Å². The summed E-state index contributed by atoms with van der Waals surface area (Å²) in [6.45, 7) is 2.02. The molecular formula is C13H21AsN6+. The summed E-state index contributed by atoms with van der Waals surface area (Å²) in [7, 11) is 2.04. The Bertz CT molecular complexity index is 554. The SMILES string of the molecule is C[n+]1ccn(CC[As]CCNc2ncc(N)cc2N)c1. The molecule has 6 nitrogen and oxygen atoms in total. The van der Waals surface area contributed by atoms with Crippen molar-refractivity contribution in [2.75, 3.05) is 23.3 Å². The van der Waals surface area contributed by atoms with Crippen LogP contribution < -0.4 is 21.4 Å². The maximum absolute atomic E-state index is 5.84. The number of nitrogen functional groups attached to an aromatic ring is 2. The summed E-state index contributed by atoms with van der Waals surface area (Å²) in [5.41, 5.74) is 12.7. The Morgan fingerprint density at radius 3 is 2.95 bits per heavy atom. The molecule has 0 aliphatic rings. The molecule has 1 radical (unpaired) electrons. The van der Waals surface area contributed by atoms with Gasteiger partial charge in [0.1, 0.15) is 0 Å². The van der Waals surface area contributed by atoms with E-state index in [0.29, 0.717) is 27.1 Å². The molecule has 0 amide bonds. The van der Waals surface area contributed by atoms with Crippen molar-refractivity contribution in [3.8, 4) is 0 Å². The van der Waals surface area contributed by atoms with Crippen LogP contribution >= 0.6 is 0 Å². The summed E-state index contributed by atoms with van der Waals surface area (Å²) in [6.07, 6.45) is 7.91. The van der Waals surface area contributed by atoms with Crippen LogP contribution in [-0.2, 0) is 13.6 Å². The fourth-order valence-electron chi connectivity index (χ4n) is 1.83. The molecule has 0 spiro atoms. The number of aromatic nitrogens is 3. The van der Waals surface area contributed by atoms with Gasteiger partial charge in [0.25, 0.3) is 0 Å². The van der Waals surface area contributed by atoms with Gasteiger partial charge >= 0.3 is 125 Å². The van der Waals surface area contributed by atoms with E-state index in [-0.39, 0.29) is 0 Å². The number of imidazole rings is 1. The van der Waals surface area contributed by atoms with Crippen LogP contribution in [0.5, 0.6) is 0 Å². The van der Waals surface area contributed by atoms with E-state index in [2.05, 4.69) is 38.2 Å². The van der Waals surface area contributed by atoms with Crippen LogP contribution in [-0.4, -0.2) is 31.8 Å². The molecule has 20 heavy (non-hydrogen) atoms. The first-order valence-corrected chi connectivity index (χ1v) is 9.19. The van der Waals surface area contributed by atoms with Gasteiger partial charge in [-0.25, -0.2) is 0 Å². The average molecular weight is 336 g/mol. The minimum absolute atomic E-state index is 0.350. The summed E-state index contributed by atoms with van der Waals surface area (Å²) in [6, 6.07) is 1.73. The second-order valence-electron chi connectivity index (χ2n) is 4.62. The molecule has 0 fully saturated rings. The predicted octanol–water partition coefficient (Wildman–Crippen LogP) is 0.525. The van der Waals surface area contributed by atoms with E-state index in [9.17, 15) is 0 Å². The minimum atomic E-state index is 0.350. The van der Waals surface area contributed by atoms with Gasteiger partial charge < -0.3 is 0 Å². The Balaban J connectivity index is 1.62. The van der Waals surface area contributed by atoms with Crippen LogP contribution in [0, 0.1) is 0 Å². The fraction of sp³-hybridized carbons (Fsp3) is 0.385. The summed E-state index contributed by atoms with van der Waals surface area (Å²) in [5, 5.41) is 5.72. The Hall–Kier alpha value is -1.68. The van der Waals surface area contributed by atoms with Crippen molar-refractivity contribution in [1.82, 2.24) is 9.55 Å². The molecule has 2 aromatic rings. The van der Waals surface area contributed by atoms with E-state index in [1.54, 1.807) is 12.3 Å². The first-order valence-electron chi connectivity index (χ1n) is 6.54. The third-order valence-electron chi connectivity index (χ3n) is 2.84. The third-order valence-corrected chi connectivity index (χ3v) is 5.06. The number of aryl methyl sites for hydroxylation is 2. The van der Waals surface area contributed by atoms with E-state index in [4.69, 9.17) is 11.5 Å². The number of rotatable bonds is 7. The number of hydrogen-bond acceptors (Lipinski definition) is 4. The Labute approximate surface area is 125 Å². The summed E-state index contributed by atoms with van der Waals surface area (Å²) in [4.78, 5) is 4.19. The molecule has 0 aliphatic heterocycles. The van der Waals surface area contributed by atoms with Gasteiger partial charge in [-0.05, 0) is 0 Å². The predicted molar refractivity (Wildman–Crippen MR) is 82.5 cm³/mol. The van der Waals surface area contributed by atoms with Gasteiger partial charge in [0.05, 0.1) is 0 Å². The number of nitrogens with one attached hydrogen (secondary N) is 1. The third kappa shape index (κ3) is 4.45. The first kappa shape index (κ1) is 14.7. The van der Waals surface area contributed by atoms with Crippen LogP contribution in [0.15, 0.2) is 31.0 Å². The van der Waals surface area contributed by atoms with Crippen molar-refractivity contribution in [1.29, 1.82) is 0 Å². The molecule has 0 aromatic carbocycles. The second-order valence-corrected chi connectivity index (χ2v) is 7.44. The Morgan fingerprint density at radius 1 is 1.40 bits per heavy atom. The van der Waals surface area contributed by atoms with Crippen LogP contribution in [0.4, 0.5) is 17.2 Å². The van der Waals surface area contributed by atoms with Crippen molar-refractivity contribution >= 4 is 32.9 Å². The number of nitrogens with two attached hydrogens (primary N) is 2. The number of hydrogen-bond donors (Lipinski definition) is 3. The zero-order chi connectivity index (χ0) is 14.4. The number of pyridine rings is 1. The van der Waals surface area contributed by atoms with Gasteiger partial charge in [-0.1, -0.05) is 0 Å². The van der Waals surface area contributed by atoms with Crippen LogP contribution in [0.25, 0.3) is 0 Å². The van der Waals surface area contributed by atoms with Crippen molar-refractivity contribution in [3.63, 3.8) is 0 Å². The van der Waals surface area contributed by atoms with Gasteiger partial charge in [0.2, 0.25) is 0 Å². The molecule has 0 aliphatic carbocycles. The van der Waals surface area contributed by atoms with Gasteiger partial charge in [0.15, 0.2) is 0 Å². The quantitative estimate of drug-likeness (QED) is 0.391. The van der Waals surface area contributed by atoms with Crippen molar-refractivity contribution in [2.24, 2.45) is 7.05 Å². The van der Waals surface area contributed by atoms with Crippen LogP contribution in [0.3, 0.4) is 0 Å². The van der Waals surface area contributed by atoms with E-state index < -0.39 is 0 Å². The zero-order valence-corrected chi connectivity index (χ0v) is 13.5. The van der Waals surface area contributed by atoms with Crippen molar-refractivity contribution < 1.29 is 4.57 Å². The van der Waals surface area contributed by atoms with Gasteiger partial charge in [0, 0.05) is 0 Å². The second kappa shape index (κ2) is 7.19.